The molecule has 4 rings (SSSR count). The zero-order valence-electron chi connectivity index (χ0n) is 18.8. The van der Waals surface area contributed by atoms with Crippen LogP contribution >= 0.6 is 0 Å². The Labute approximate surface area is 200 Å². The number of nitrogens with zero attached hydrogens (tertiary/aromatic N) is 2. The first-order chi connectivity index (χ1) is 16.4. The summed E-state index contributed by atoms with van der Waals surface area (Å²) in [5.74, 6) is -0.0334. The summed E-state index contributed by atoms with van der Waals surface area (Å²) in [5, 5.41) is 0. The van der Waals surface area contributed by atoms with E-state index in [-0.39, 0.29) is 10.8 Å². The molecule has 0 saturated heterocycles. The molecule has 1 heterocycles. The number of aryl methyl sites for hydroxylation is 1. The number of carbonyl (C=O) groups excluding carboxylic acids is 1. The summed E-state index contributed by atoms with van der Waals surface area (Å²) >= 11 is 0. The third-order valence-corrected chi connectivity index (χ3v) is 6.93. The average Bonchev–Trinajstić information content (AvgIpc) is 2.88. The molecule has 0 radical (unpaired) electrons. The summed E-state index contributed by atoms with van der Waals surface area (Å²) in [5.41, 5.74) is 3.56. The van der Waals surface area contributed by atoms with E-state index in [4.69, 9.17) is 0 Å². The van der Waals surface area contributed by atoms with Crippen molar-refractivity contribution in [3.05, 3.63) is 109 Å². The summed E-state index contributed by atoms with van der Waals surface area (Å²) in [6.45, 7) is 0. The minimum atomic E-state index is -3.82. The summed E-state index contributed by atoms with van der Waals surface area (Å²) in [4.78, 5) is 18.4. The fraction of sp³-hybridized carbons (Fsp3) is 0.111. The van der Waals surface area contributed by atoms with Gasteiger partial charge in [0, 0.05) is 42.8 Å². The van der Waals surface area contributed by atoms with Gasteiger partial charge in [0.1, 0.15) is 0 Å². The summed E-state index contributed by atoms with van der Waals surface area (Å²) < 4.78 is 29.0. The van der Waals surface area contributed by atoms with E-state index in [9.17, 15) is 13.2 Å². The second-order valence-electron chi connectivity index (χ2n) is 7.83. The monoisotopic (exact) mass is 471 g/mol. The minimum absolute atomic E-state index is 0.0334. The van der Waals surface area contributed by atoms with Gasteiger partial charge in [-0.2, -0.15) is 0 Å². The van der Waals surface area contributed by atoms with Crippen LogP contribution in [0.3, 0.4) is 0 Å². The number of sulfonamides is 1. The van der Waals surface area contributed by atoms with Gasteiger partial charge in [0.25, 0.3) is 10.0 Å². The first-order valence-electron chi connectivity index (χ1n) is 10.9. The highest BCUT2D eigenvalue weighted by molar-refractivity contribution is 7.92. The van der Waals surface area contributed by atoms with E-state index in [1.54, 1.807) is 66.8 Å². The van der Waals surface area contributed by atoms with Crippen molar-refractivity contribution >= 4 is 27.3 Å². The predicted molar refractivity (Wildman–Crippen MR) is 135 cm³/mol. The van der Waals surface area contributed by atoms with Gasteiger partial charge in [-0.15, -0.1) is 0 Å². The Morgan fingerprint density at radius 1 is 0.882 bits per heavy atom. The van der Waals surface area contributed by atoms with Crippen molar-refractivity contribution in [3.8, 4) is 11.1 Å². The quantitative estimate of drug-likeness (QED) is 0.386. The highest BCUT2D eigenvalue weighted by Gasteiger charge is 2.19. The van der Waals surface area contributed by atoms with Crippen molar-refractivity contribution in [2.75, 3.05) is 16.7 Å². The van der Waals surface area contributed by atoms with Gasteiger partial charge >= 0.3 is 0 Å². The van der Waals surface area contributed by atoms with E-state index in [1.165, 1.54) is 0 Å². The molecule has 34 heavy (non-hydrogen) atoms. The normalized spacial score (nSPS) is 11.1. The van der Waals surface area contributed by atoms with Gasteiger partial charge in [-0.25, -0.2) is 8.42 Å². The Hall–Kier alpha value is -3.97. The molecule has 1 amide bonds. The zero-order valence-corrected chi connectivity index (χ0v) is 19.6. The van der Waals surface area contributed by atoms with Crippen LogP contribution in [0.25, 0.3) is 11.1 Å². The molecular formula is C27H25N3O3S. The Balaban J connectivity index is 1.46. The number of carbonyl (C=O) groups is 1. The van der Waals surface area contributed by atoms with E-state index < -0.39 is 10.0 Å². The predicted octanol–water partition coefficient (Wildman–Crippen LogP) is 5.15. The van der Waals surface area contributed by atoms with E-state index in [1.807, 2.05) is 48.5 Å². The topological polar surface area (TPSA) is 79.4 Å². The Morgan fingerprint density at radius 3 is 2.29 bits per heavy atom. The van der Waals surface area contributed by atoms with Crippen LogP contribution < -0.4 is 9.62 Å². The second kappa shape index (κ2) is 10.3. The Morgan fingerprint density at radius 2 is 1.59 bits per heavy atom. The molecule has 0 bridgehead atoms. The molecule has 0 unspecified atom stereocenters. The van der Waals surface area contributed by atoms with E-state index in [0.717, 1.165) is 11.1 Å². The van der Waals surface area contributed by atoms with Crippen molar-refractivity contribution in [1.82, 2.24) is 4.98 Å². The van der Waals surface area contributed by atoms with Gasteiger partial charge in [0.2, 0.25) is 5.91 Å². The average molecular weight is 472 g/mol. The zero-order chi connectivity index (χ0) is 24.0. The molecule has 0 saturated carbocycles. The smallest absolute Gasteiger partial charge is 0.262 e. The van der Waals surface area contributed by atoms with Crippen LogP contribution in [-0.4, -0.2) is 26.4 Å². The molecule has 0 aliphatic carbocycles. The number of rotatable bonds is 8. The van der Waals surface area contributed by atoms with Crippen LogP contribution in [0.15, 0.2) is 108 Å². The summed E-state index contributed by atoms with van der Waals surface area (Å²) in [7, 11) is -2.11. The number of aromatic nitrogens is 1. The van der Waals surface area contributed by atoms with Gasteiger partial charge in [-0.1, -0.05) is 54.6 Å². The number of nitrogens with one attached hydrogen (secondary N) is 1. The first kappa shape index (κ1) is 23.2. The first-order valence-corrected chi connectivity index (χ1v) is 12.4. The fourth-order valence-electron chi connectivity index (χ4n) is 3.63. The lowest BCUT2D eigenvalue weighted by Gasteiger charge is -2.18. The van der Waals surface area contributed by atoms with Crippen molar-refractivity contribution in [2.24, 2.45) is 0 Å². The maximum absolute atomic E-state index is 13.2. The van der Waals surface area contributed by atoms with Gasteiger partial charge in [0.15, 0.2) is 0 Å². The van der Waals surface area contributed by atoms with Crippen LogP contribution in [0.2, 0.25) is 0 Å². The number of benzene rings is 3. The van der Waals surface area contributed by atoms with Crippen LogP contribution in [-0.2, 0) is 21.2 Å². The van der Waals surface area contributed by atoms with Crippen LogP contribution in [0.1, 0.15) is 12.0 Å². The molecule has 1 N–H and O–H groups in total. The van der Waals surface area contributed by atoms with Crippen LogP contribution in [0.5, 0.6) is 0 Å². The molecule has 1 aromatic heterocycles. The molecule has 0 aliphatic rings. The molecule has 7 heteroatoms. The molecular weight excluding hydrogens is 446 g/mol. The van der Waals surface area contributed by atoms with E-state index >= 15 is 0 Å². The van der Waals surface area contributed by atoms with Crippen molar-refractivity contribution in [2.45, 2.75) is 17.7 Å². The number of hydrogen-bond acceptors (Lipinski definition) is 4. The maximum atomic E-state index is 13.2. The highest BCUT2D eigenvalue weighted by atomic mass is 32.2. The van der Waals surface area contributed by atoms with Crippen LogP contribution in [0, 0.1) is 0 Å². The molecule has 0 aliphatic heterocycles. The maximum Gasteiger partial charge on any atom is 0.262 e. The Bertz CT molecular complexity index is 1360. The number of hydrogen-bond donors (Lipinski definition) is 1. The lowest BCUT2D eigenvalue weighted by Crippen LogP contribution is -2.26. The molecule has 172 valence electrons. The number of amides is 1. The lowest BCUT2D eigenvalue weighted by atomic mass is 10.1. The molecule has 3 aromatic carbocycles. The van der Waals surface area contributed by atoms with E-state index in [0.29, 0.717) is 29.8 Å². The number of pyridine rings is 1. The van der Waals surface area contributed by atoms with Crippen molar-refractivity contribution < 1.29 is 13.2 Å². The highest BCUT2D eigenvalue weighted by Crippen LogP contribution is 2.29. The number of anilines is 2. The van der Waals surface area contributed by atoms with Gasteiger partial charge in [0.05, 0.1) is 4.90 Å². The standard InChI is InChI=1S/C27H25N3O3S/c1-30(27(31)18-13-21-8-7-19-28-20-21)24-16-14-23(15-17-24)29-34(32,33)26-12-6-5-11-25(26)22-9-3-2-4-10-22/h2-12,14-17,19-20,29H,13,18H2,1H3. The molecule has 6 nitrogen and oxygen atoms in total. The van der Waals surface area contributed by atoms with E-state index in [2.05, 4.69) is 9.71 Å². The van der Waals surface area contributed by atoms with Crippen LogP contribution in [0.4, 0.5) is 11.4 Å². The molecule has 0 atom stereocenters. The third kappa shape index (κ3) is 5.50. The van der Waals surface area contributed by atoms with Gasteiger partial charge in [-0.3, -0.25) is 14.5 Å². The third-order valence-electron chi connectivity index (χ3n) is 5.49. The Kier molecular flexibility index (Phi) is 7.04. The minimum Gasteiger partial charge on any atom is -0.315 e. The molecule has 0 spiro atoms. The second-order valence-corrected chi connectivity index (χ2v) is 9.48. The SMILES string of the molecule is CN(C(=O)CCc1cccnc1)c1ccc(NS(=O)(=O)c2ccccc2-c2ccccc2)cc1. The summed E-state index contributed by atoms with van der Waals surface area (Å²) in [6, 6.07) is 26.9. The molecule has 4 aromatic rings. The van der Waals surface area contributed by atoms with Gasteiger partial charge < -0.3 is 4.90 Å². The van der Waals surface area contributed by atoms with Crippen molar-refractivity contribution in [3.63, 3.8) is 0 Å². The fourth-order valence-corrected chi connectivity index (χ4v) is 4.92. The lowest BCUT2D eigenvalue weighted by molar-refractivity contribution is -0.118. The molecule has 0 fully saturated rings. The largest absolute Gasteiger partial charge is 0.315 e. The summed E-state index contributed by atoms with van der Waals surface area (Å²) in [6.07, 6.45) is 4.42. The van der Waals surface area contributed by atoms with Crippen molar-refractivity contribution in [1.29, 1.82) is 0 Å². The van der Waals surface area contributed by atoms with Gasteiger partial charge in [-0.05, 0) is 53.9 Å².